The Morgan fingerprint density at radius 3 is 2.30 bits per heavy atom. The van der Waals surface area contributed by atoms with E-state index in [-0.39, 0.29) is 0 Å². The second-order valence-corrected chi connectivity index (χ2v) is 6.45. The third-order valence-corrected chi connectivity index (χ3v) is 5.16. The molecule has 3 rings (SSSR count). The highest BCUT2D eigenvalue weighted by Crippen LogP contribution is 2.39. The van der Waals surface area contributed by atoms with Crippen molar-refractivity contribution < 1.29 is 4.74 Å². The summed E-state index contributed by atoms with van der Waals surface area (Å²) in [5.74, 6) is 1.71. The van der Waals surface area contributed by atoms with Crippen LogP contribution in [0.5, 0.6) is 0 Å². The van der Waals surface area contributed by atoms with Crippen LogP contribution >= 0.6 is 0 Å². The van der Waals surface area contributed by atoms with Gasteiger partial charge in [0.25, 0.3) is 0 Å². The molecule has 2 aliphatic carbocycles. The van der Waals surface area contributed by atoms with Gasteiger partial charge in [0.05, 0.1) is 0 Å². The summed E-state index contributed by atoms with van der Waals surface area (Å²) >= 11 is 0. The SMILES string of the molecule is COCCCCNC1C2CCC1Cc1ccccc1C2. The van der Waals surface area contributed by atoms with Crippen LogP contribution in [0.4, 0.5) is 0 Å². The lowest BCUT2D eigenvalue weighted by atomic mass is 9.94. The quantitative estimate of drug-likeness (QED) is 0.804. The first-order valence-corrected chi connectivity index (χ1v) is 8.17. The van der Waals surface area contributed by atoms with Crippen LogP contribution in [0.3, 0.4) is 0 Å². The Hall–Kier alpha value is -0.860. The van der Waals surface area contributed by atoms with Gasteiger partial charge in [-0.15, -0.1) is 0 Å². The fourth-order valence-electron chi connectivity index (χ4n) is 4.12. The topological polar surface area (TPSA) is 21.3 Å². The van der Waals surface area contributed by atoms with Gasteiger partial charge in [-0.25, -0.2) is 0 Å². The molecule has 110 valence electrons. The summed E-state index contributed by atoms with van der Waals surface area (Å²) in [6, 6.07) is 9.82. The van der Waals surface area contributed by atoms with Gasteiger partial charge in [-0.05, 0) is 68.0 Å². The minimum Gasteiger partial charge on any atom is -0.385 e. The molecule has 2 nitrogen and oxygen atoms in total. The lowest BCUT2D eigenvalue weighted by Crippen LogP contribution is -2.38. The van der Waals surface area contributed by atoms with Crippen LogP contribution in [-0.4, -0.2) is 26.3 Å². The van der Waals surface area contributed by atoms with Gasteiger partial charge in [0.15, 0.2) is 0 Å². The molecule has 2 atom stereocenters. The predicted molar refractivity (Wildman–Crippen MR) is 83.0 cm³/mol. The van der Waals surface area contributed by atoms with Crippen LogP contribution in [-0.2, 0) is 17.6 Å². The van der Waals surface area contributed by atoms with Crippen molar-refractivity contribution in [2.24, 2.45) is 11.8 Å². The summed E-state index contributed by atoms with van der Waals surface area (Å²) in [5.41, 5.74) is 3.21. The summed E-state index contributed by atoms with van der Waals surface area (Å²) in [7, 11) is 1.79. The van der Waals surface area contributed by atoms with Gasteiger partial charge in [0.1, 0.15) is 0 Å². The molecule has 1 N–H and O–H groups in total. The number of nitrogens with one attached hydrogen (secondary N) is 1. The maximum absolute atomic E-state index is 5.12. The lowest BCUT2D eigenvalue weighted by molar-refractivity contribution is 0.191. The molecule has 0 radical (unpaired) electrons. The molecule has 2 bridgehead atoms. The van der Waals surface area contributed by atoms with E-state index in [9.17, 15) is 0 Å². The van der Waals surface area contributed by atoms with Crippen molar-refractivity contribution in [2.75, 3.05) is 20.3 Å². The molecule has 1 aromatic carbocycles. The molecule has 0 amide bonds. The van der Waals surface area contributed by atoms with Crippen LogP contribution in [0.1, 0.15) is 36.8 Å². The van der Waals surface area contributed by atoms with Gasteiger partial charge in [-0.3, -0.25) is 0 Å². The Morgan fingerprint density at radius 1 is 1.05 bits per heavy atom. The lowest BCUT2D eigenvalue weighted by Gasteiger charge is -2.23. The number of ether oxygens (including phenoxy) is 1. The second kappa shape index (κ2) is 6.73. The molecule has 2 unspecified atom stereocenters. The van der Waals surface area contributed by atoms with Gasteiger partial charge >= 0.3 is 0 Å². The third-order valence-electron chi connectivity index (χ3n) is 5.16. The zero-order chi connectivity index (χ0) is 13.8. The highest BCUT2D eigenvalue weighted by molar-refractivity contribution is 5.30. The largest absolute Gasteiger partial charge is 0.385 e. The number of hydrogen-bond donors (Lipinski definition) is 1. The fraction of sp³-hybridized carbons (Fsp3) is 0.667. The Morgan fingerprint density at radius 2 is 1.70 bits per heavy atom. The molecule has 0 aliphatic heterocycles. The number of hydrogen-bond acceptors (Lipinski definition) is 2. The highest BCUT2D eigenvalue weighted by Gasteiger charge is 2.38. The summed E-state index contributed by atoms with van der Waals surface area (Å²) in [4.78, 5) is 0. The van der Waals surface area contributed by atoms with E-state index in [0.29, 0.717) is 0 Å². The van der Waals surface area contributed by atoms with Crippen molar-refractivity contribution in [1.29, 1.82) is 0 Å². The first kappa shape index (κ1) is 14.1. The number of benzene rings is 1. The standard InChI is InChI=1S/C18H27NO/c1-20-11-5-4-10-19-18-16-8-9-17(18)13-15-7-3-2-6-14(15)12-16/h2-3,6-7,16-19H,4-5,8-13H2,1H3. The zero-order valence-electron chi connectivity index (χ0n) is 12.6. The van der Waals surface area contributed by atoms with E-state index < -0.39 is 0 Å². The van der Waals surface area contributed by atoms with E-state index in [1.165, 1.54) is 38.5 Å². The average molecular weight is 273 g/mol. The Kier molecular flexibility index (Phi) is 4.74. The van der Waals surface area contributed by atoms with Crippen LogP contribution in [0, 0.1) is 11.8 Å². The van der Waals surface area contributed by atoms with Crippen LogP contribution in [0.25, 0.3) is 0 Å². The fourth-order valence-corrected chi connectivity index (χ4v) is 4.12. The minimum absolute atomic E-state index is 0.741. The second-order valence-electron chi connectivity index (χ2n) is 6.45. The normalized spacial score (nSPS) is 28.1. The third kappa shape index (κ3) is 3.07. The van der Waals surface area contributed by atoms with Crippen molar-refractivity contribution in [3.63, 3.8) is 0 Å². The van der Waals surface area contributed by atoms with Gasteiger partial charge in [-0.2, -0.15) is 0 Å². The first-order valence-electron chi connectivity index (χ1n) is 8.17. The number of fused-ring (bicyclic) bond motifs is 3. The molecule has 2 aliphatic rings. The summed E-state index contributed by atoms with van der Waals surface area (Å²) < 4.78 is 5.12. The average Bonchev–Trinajstić information content (AvgIpc) is 2.74. The molecule has 1 saturated carbocycles. The Balaban J connectivity index is 1.58. The molecular formula is C18H27NO. The number of rotatable bonds is 6. The van der Waals surface area contributed by atoms with Crippen molar-refractivity contribution in [3.8, 4) is 0 Å². The van der Waals surface area contributed by atoms with E-state index in [1.54, 1.807) is 18.2 Å². The number of unbranched alkanes of at least 4 members (excludes halogenated alkanes) is 1. The molecule has 2 heteroatoms. The van der Waals surface area contributed by atoms with Crippen LogP contribution in [0.15, 0.2) is 24.3 Å². The number of methoxy groups -OCH3 is 1. The highest BCUT2D eigenvalue weighted by atomic mass is 16.5. The Bertz CT molecular complexity index is 398. The molecule has 0 aromatic heterocycles. The van der Waals surface area contributed by atoms with Crippen molar-refractivity contribution in [2.45, 2.75) is 44.6 Å². The van der Waals surface area contributed by atoms with Gasteiger partial charge in [0, 0.05) is 19.8 Å². The smallest absolute Gasteiger partial charge is 0.0462 e. The van der Waals surface area contributed by atoms with Crippen molar-refractivity contribution in [3.05, 3.63) is 35.4 Å². The molecular weight excluding hydrogens is 246 g/mol. The van der Waals surface area contributed by atoms with E-state index >= 15 is 0 Å². The minimum atomic E-state index is 0.741. The van der Waals surface area contributed by atoms with E-state index in [4.69, 9.17) is 4.74 Å². The first-order chi connectivity index (χ1) is 9.88. The molecule has 20 heavy (non-hydrogen) atoms. The molecule has 0 spiro atoms. The van der Waals surface area contributed by atoms with E-state index in [0.717, 1.165) is 31.0 Å². The van der Waals surface area contributed by atoms with E-state index in [1.807, 2.05) is 0 Å². The maximum atomic E-state index is 5.12. The van der Waals surface area contributed by atoms with Crippen LogP contribution < -0.4 is 5.32 Å². The zero-order valence-corrected chi connectivity index (χ0v) is 12.6. The molecule has 1 fully saturated rings. The van der Waals surface area contributed by atoms with E-state index in [2.05, 4.69) is 29.6 Å². The molecule has 1 aromatic rings. The maximum Gasteiger partial charge on any atom is 0.0462 e. The van der Waals surface area contributed by atoms with Crippen molar-refractivity contribution >= 4 is 0 Å². The van der Waals surface area contributed by atoms with Gasteiger partial charge in [-0.1, -0.05) is 24.3 Å². The molecule has 0 heterocycles. The predicted octanol–water partition coefficient (Wildman–Crippen LogP) is 3.20. The summed E-state index contributed by atoms with van der Waals surface area (Å²) in [5, 5.41) is 3.86. The van der Waals surface area contributed by atoms with Gasteiger partial charge < -0.3 is 10.1 Å². The molecule has 0 saturated heterocycles. The van der Waals surface area contributed by atoms with Crippen molar-refractivity contribution in [1.82, 2.24) is 5.32 Å². The summed E-state index contributed by atoms with van der Waals surface area (Å²) in [6.07, 6.45) is 7.79. The van der Waals surface area contributed by atoms with Crippen LogP contribution in [0.2, 0.25) is 0 Å². The van der Waals surface area contributed by atoms with Gasteiger partial charge in [0.2, 0.25) is 0 Å². The summed E-state index contributed by atoms with van der Waals surface area (Å²) in [6.45, 7) is 2.04. The monoisotopic (exact) mass is 273 g/mol. The Labute approximate surface area is 122 Å².